The standard InChI is InChI=1S/C18H21ClN2O3/c19-14-3-1-13(2-4-14)18(5-6-18)15(22)20-9-7-17(8-10-20)11-21(12-17)16(23)24/h1-4H,5-12H2,(H,23,24). The topological polar surface area (TPSA) is 60.9 Å². The summed E-state index contributed by atoms with van der Waals surface area (Å²) in [6.45, 7) is 2.71. The Labute approximate surface area is 146 Å². The van der Waals surface area contributed by atoms with Gasteiger partial charge in [-0.2, -0.15) is 0 Å². The SMILES string of the molecule is O=C(O)N1CC2(CCN(C(=O)C3(c4ccc(Cl)cc4)CC3)CC2)C1. The van der Waals surface area contributed by atoms with E-state index in [2.05, 4.69) is 0 Å². The van der Waals surface area contributed by atoms with Gasteiger partial charge in [0.25, 0.3) is 0 Å². The van der Waals surface area contributed by atoms with Crippen LogP contribution in [-0.2, 0) is 10.2 Å². The maximum atomic E-state index is 13.0. The Kier molecular flexibility index (Phi) is 3.53. The van der Waals surface area contributed by atoms with Crippen molar-refractivity contribution >= 4 is 23.6 Å². The summed E-state index contributed by atoms with van der Waals surface area (Å²) in [5.74, 6) is 0.231. The van der Waals surface area contributed by atoms with Gasteiger partial charge in [0.15, 0.2) is 0 Å². The van der Waals surface area contributed by atoms with Crippen LogP contribution in [0, 0.1) is 5.41 Å². The minimum Gasteiger partial charge on any atom is -0.465 e. The molecule has 1 aromatic rings. The molecule has 2 saturated heterocycles. The fourth-order valence-corrected chi connectivity index (χ4v) is 4.35. The van der Waals surface area contributed by atoms with E-state index in [1.165, 1.54) is 4.90 Å². The highest BCUT2D eigenvalue weighted by Crippen LogP contribution is 2.51. The van der Waals surface area contributed by atoms with Crippen molar-refractivity contribution in [1.82, 2.24) is 9.80 Å². The predicted octanol–water partition coefficient (Wildman–Crippen LogP) is 2.97. The lowest BCUT2D eigenvalue weighted by Crippen LogP contribution is -2.62. The van der Waals surface area contributed by atoms with E-state index >= 15 is 0 Å². The van der Waals surface area contributed by atoms with Gasteiger partial charge < -0.3 is 14.9 Å². The van der Waals surface area contributed by atoms with E-state index in [1.54, 1.807) is 0 Å². The van der Waals surface area contributed by atoms with Gasteiger partial charge in [-0.15, -0.1) is 0 Å². The van der Waals surface area contributed by atoms with E-state index in [-0.39, 0.29) is 16.7 Å². The van der Waals surface area contributed by atoms with Crippen molar-refractivity contribution in [1.29, 1.82) is 0 Å². The normalized spacial score (nSPS) is 23.7. The molecule has 3 fully saturated rings. The third-order valence-corrected chi connectivity index (χ3v) is 6.24. The van der Waals surface area contributed by atoms with Crippen molar-refractivity contribution in [2.24, 2.45) is 5.41 Å². The van der Waals surface area contributed by atoms with Gasteiger partial charge in [0.1, 0.15) is 0 Å². The zero-order chi connectivity index (χ0) is 16.9. The van der Waals surface area contributed by atoms with Crippen molar-refractivity contribution in [2.75, 3.05) is 26.2 Å². The van der Waals surface area contributed by atoms with Gasteiger partial charge >= 0.3 is 6.09 Å². The number of rotatable bonds is 2. The Morgan fingerprint density at radius 2 is 1.54 bits per heavy atom. The van der Waals surface area contributed by atoms with Gasteiger partial charge in [0.05, 0.1) is 5.41 Å². The van der Waals surface area contributed by atoms with Crippen LogP contribution in [0.2, 0.25) is 5.02 Å². The molecular formula is C18H21ClN2O3. The number of carboxylic acid groups (broad SMARTS) is 1. The van der Waals surface area contributed by atoms with Crippen molar-refractivity contribution in [3.8, 4) is 0 Å². The van der Waals surface area contributed by atoms with Gasteiger partial charge in [0.2, 0.25) is 5.91 Å². The van der Waals surface area contributed by atoms with Gasteiger partial charge in [-0.3, -0.25) is 4.79 Å². The van der Waals surface area contributed by atoms with Crippen molar-refractivity contribution < 1.29 is 14.7 Å². The molecule has 3 aliphatic rings. The molecule has 24 heavy (non-hydrogen) atoms. The molecule has 0 unspecified atom stereocenters. The van der Waals surface area contributed by atoms with Crippen LogP contribution in [0.4, 0.5) is 4.79 Å². The third-order valence-electron chi connectivity index (χ3n) is 5.99. The number of halogens is 1. The fraction of sp³-hybridized carbons (Fsp3) is 0.556. The van der Waals surface area contributed by atoms with E-state index in [9.17, 15) is 9.59 Å². The molecule has 2 heterocycles. The molecule has 6 heteroatoms. The maximum Gasteiger partial charge on any atom is 0.407 e. The zero-order valence-electron chi connectivity index (χ0n) is 13.5. The highest BCUT2D eigenvalue weighted by molar-refractivity contribution is 6.30. The Balaban J connectivity index is 1.40. The number of amides is 2. The molecule has 4 rings (SSSR count). The van der Waals surface area contributed by atoms with Crippen LogP contribution < -0.4 is 0 Å². The van der Waals surface area contributed by atoms with Gasteiger partial charge in [0, 0.05) is 36.6 Å². The first kappa shape index (κ1) is 15.8. The molecule has 0 aromatic heterocycles. The molecule has 1 spiro atoms. The van der Waals surface area contributed by atoms with Crippen LogP contribution in [-0.4, -0.2) is 53.1 Å². The lowest BCUT2D eigenvalue weighted by Gasteiger charge is -2.53. The molecule has 1 aromatic carbocycles. The largest absolute Gasteiger partial charge is 0.465 e. The monoisotopic (exact) mass is 348 g/mol. The van der Waals surface area contributed by atoms with Gasteiger partial charge in [-0.05, 0) is 43.4 Å². The quantitative estimate of drug-likeness (QED) is 0.893. The number of likely N-dealkylation sites (tertiary alicyclic amines) is 2. The van der Waals surface area contributed by atoms with Crippen LogP contribution in [0.25, 0.3) is 0 Å². The minimum atomic E-state index is -0.834. The van der Waals surface area contributed by atoms with Crippen molar-refractivity contribution in [2.45, 2.75) is 31.1 Å². The number of carbonyl (C=O) groups is 2. The first-order valence-electron chi connectivity index (χ1n) is 8.48. The maximum absolute atomic E-state index is 13.0. The van der Waals surface area contributed by atoms with Crippen LogP contribution in [0.3, 0.4) is 0 Å². The Hall–Kier alpha value is -1.75. The number of benzene rings is 1. The Morgan fingerprint density at radius 1 is 0.958 bits per heavy atom. The molecule has 2 aliphatic heterocycles. The summed E-state index contributed by atoms with van der Waals surface area (Å²) >= 11 is 5.96. The molecule has 0 bridgehead atoms. The van der Waals surface area contributed by atoms with Gasteiger partial charge in [-0.25, -0.2) is 4.79 Å². The van der Waals surface area contributed by atoms with Crippen LogP contribution in [0.15, 0.2) is 24.3 Å². The summed E-state index contributed by atoms with van der Waals surface area (Å²) in [4.78, 5) is 27.4. The lowest BCUT2D eigenvalue weighted by molar-refractivity contribution is -0.138. The number of nitrogens with zero attached hydrogens (tertiary/aromatic N) is 2. The highest BCUT2D eigenvalue weighted by atomic mass is 35.5. The van der Waals surface area contributed by atoms with Crippen LogP contribution in [0.1, 0.15) is 31.2 Å². The number of carbonyl (C=O) groups excluding carboxylic acids is 1. The summed E-state index contributed by atoms with van der Waals surface area (Å²) in [6, 6.07) is 7.64. The van der Waals surface area contributed by atoms with Crippen molar-refractivity contribution in [3.63, 3.8) is 0 Å². The molecular weight excluding hydrogens is 328 g/mol. The van der Waals surface area contributed by atoms with E-state index in [1.807, 2.05) is 29.2 Å². The summed E-state index contributed by atoms with van der Waals surface area (Å²) in [6.07, 6.45) is 2.78. The Bertz CT molecular complexity index is 668. The summed E-state index contributed by atoms with van der Waals surface area (Å²) < 4.78 is 0. The van der Waals surface area contributed by atoms with Gasteiger partial charge in [-0.1, -0.05) is 23.7 Å². The summed E-state index contributed by atoms with van der Waals surface area (Å²) in [7, 11) is 0. The number of hydrogen-bond acceptors (Lipinski definition) is 2. The van der Waals surface area contributed by atoms with E-state index < -0.39 is 6.09 Å². The summed E-state index contributed by atoms with van der Waals surface area (Å²) in [5.41, 5.74) is 0.825. The van der Waals surface area contributed by atoms with Crippen LogP contribution in [0.5, 0.6) is 0 Å². The van der Waals surface area contributed by atoms with Crippen LogP contribution >= 0.6 is 11.6 Å². The molecule has 1 N–H and O–H groups in total. The number of piperidine rings is 1. The van der Waals surface area contributed by atoms with E-state index in [0.29, 0.717) is 18.1 Å². The predicted molar refractivity (Wildman–Crippen MR) is 90.2 cm³/mol. The molecule has 0 atom stereocenters. The summed E-state index contributed by atoms with van der Waals surface area (Å²) in [5, 5.41) is 9.69. The smallest absolute Gasteiger partial charge is 0.407 e. The molecule has 2 amide bonds. The van der Waals surface area contributed by atoms with Crippen molar-refractivity contribution in [3.05, 3.63) is 34.9 Å². The first-order valence-corrected chi connectivity index (χ1v) is 8.85. The highest BCUT2D eigenvalue weighted by Gasteiger charge is 2.55. The first-order chi connectivity index (χ1) is 11.4. The average Bonchev–Trinajstić information content (AvgIpc) is 3.34. The second kappa shape index (κ2) is 5.38. The zero-order valence-corrected chi connectivity index (χ0v) is 14.3. The Morgan fingerprint density at radius 3 is 2.04 bits per heavy atom. The molecule has 5 nitrogen and oxygen atoms in total. The number of hydrogen-bond donors (Lipinski definition) is 1. The second-order valence-electron chi connectivity index (χ2n) is 7.52. The average molecular weight is 349 g/mol. The van der Waals surface area contributed by atoms with E-state index in [0.717, 1.165) is 44.3 Å². The van der Waals surface area contributed by atoms with E-state index in [4.69, 9.17) is 16.7 Å². The molecule has 1 aliphatic carbocycles. The molecule has 0 radical (unpaired) electrons. The second-order valence-corrected chi connectivity index (χ2v) is 7.96. The molecule has 128 valence electrons. The minimum absolute atomic E-state index is 0.103. The molecule has 1 saturated carbocycles. The lowest BCUT2D eigenvalue weighted by atomic mass is 9.72. The third kappa shape index (κ3) is 2.46. The fourth-order valence-electron chi connectivity index (χ4n) is 4.22.